The van der Waals surface area contributed by atoms with Crippen molar-refractivity contribution in [3.8, 4) is 0 Å². The number of carbonyl (C=O) groups excluding carboxylic acids is 1. The van der Waals surface area contributed by atoms with Crippen LogP contribution in [0.2, 0.25) is 0 Å². The molecular weight excluding hydrogens is 206 g/mol. The van der Waals surface area contributed by atoms with Gasteiger partial charge >= 0.3 is 0 Å². The summed E-state index contributed by atoms with van der Waals surface area (Å²) in [5.41, 5.74) is 0.925. The van der Waals surface area contributed by atoms with Gasteiger partial charge in [-0.25, -0.2) is 4.98 Å². The minimum atomic E-state index is -0.0731. The van der Waals surface area contributed by atoms with Gasteiger partial charge in [-0.3, -0.25) is 10.1 Å². The molecule has 0 bridgehead atoms. The SMILES string of the molecule is CCCC(=O)Nc1nc2nccc(C)n2n1. The molecule has 1 amide bonds. The van der Waals surface area contributed by atoms with Gasteiger partial charge in [0.05, 0.1) is 0 Å². The van der Waals surface area contributed by atoms with Crippen LogP contribution < -0.4 is 5.32 Å². The number of aromatic nitrogens is 4. The molecule has 2 aromatic heterocycles. The first-order chi connectivity index (χ1) is 7.70. The van der Waals surface area contributed by atoms with Crippen LogP contribution in [0.4, 0.5) is 5.95 Å². The molecule has 6 heteroatoms. The number of rotatable bonds is 3. The molecule has 0 spiro atoms. The molecule has 0 radical (unpaired) electrons. The molecule has 2 heterocycles. The number of carbonyl (C=O) groups is 1. The lowest BCUT2D eigenvalue weighted by Gasteiger charge is -1.96. The predicted octanol–water partition coefficient (Wildman–Crippen LogP) is 1.17. The van der Waals surface area contributed by atoms with Gasteiger partial charge in [-0.15, -0.1) is 5.10 Å². The van der Waals surface area contributed by atoms with Crippen LogP contribution in [-0.2, 0) is 4.79 Å². The maximum Gasteiger partial charge on any atom is 0.254 e. The predicted molar refractivity (Wildman–Crippen MR) is 59.1 cm³/mol. The number of nitrogens with zero attached hydrogens (tertiary/aromatic N) is 4. The molecule has 84 valence electrons. The second-order valence-electron chi connectivity index (χ2n) is 3.53. The Morgan fingerprint density at radius 1 is 1.56 bits per heavy atom. The minimum absolute atomic E-state index is 0.0731. The standard InChI is InChI=1S/C10H13N5O/c1-3-4-8(16)12-9-13-10-11-6-5-7(2)15(10)14-9/h5-6H,3-4H2,1-2H3,(H,12,14,16). The minimum Gasteiger partial charge on any atom is -0.293 e. The summed E-state index contributed by atoms with van der Waals surface area (Å²) in [6, 6.07) is 1.83. The molecule has 0 aliphatic heterocycles. The number of amides is 1. The first kappa shape index (κ1) is 10.5. The third-order valence-electron chi connectivity index (χ3n) is 2.16. The first-order valence-electron chi connectivity index (χ1n) is 5.19. The van der Waals surface area contributed by atoms with E-state index in [1.165, 1.54) is 0 Å². The lowest BCUT2D eigenvalue weighted by atomic mass is 10.3. The van der Waals surface area contributed by atoms with Gasteiger partial charge in [-0.1, -0.05) is 6.92 Å². The third kappa shape index (κ3) is 2.00. The van der Waals surface area contributed by atoms with Crippen molar-refractivity contribution in [2.24, 2.45) is 0 Å². The quantitative estimate of drug-likeness (QED) is 0.841. The monoisotopic (exact) mass is 219 g/mol. The normalized spacial score (nSPS) is 10.6. The van der Waals surface area contributed by atoms with Crippen LogP contribution in [0.1, 0.15) is 25.5 Å². The first-order valence-corrected chi connectivity index (χ1v) is 5.19. The van der Waals surface area contributed by atoms with Crippen LogP contribution in [0.15, 0.2) is 12.3 Å². The summed E-state index contributed by atoms with van der Waals surface area (Å²) in [7, 11) is 0. The second kappa shape index (κ2) is 4.26. The average Bonchev–Trinajstić information content (AvgIpc) is 2.62. The van der Waals surface area contributed by atoms with E-state index in [2.05, 4.69) is 20.4 Å². The fraction of sp³-hybridized carbons (Fsp3) is 0.400. The van der Waals surface area contributed by atoms with Crippen LogP contribution in [0.5, 0.6) is 0 Å². The fourth-order valence-electron chi connectivity index (χ4n) is 1.37. The highest BCUT2D eigenvalue weighted by atomic mass is 16.1. The number of fused-ring (bicyclic) bond motifs is 1. The molecule has 16 heavy (non-hydrogen) atoms. The number of anilines is 1. The van der Waals surface area contributed by atoms with Crippen molar-refractivity contribution in [2.45, 2.75) is 26.7 Å². The zero-order valence-corrected chi connectivity index (χ0v) is 9.27. The van der Waals surface area contributed by atoms with E-state index in [-0.39, 0.29) is 5.91 Å². The van der Waals surface area contributed by atoms with Crippen LogP contribution in [0, 0.1) is 6.92 Å². The Bertz CT molecular complexity index is 519. The maximum absolute atomic E-state index is 11.4. The lowest BCUT2D eigenvalue weighted by molar-refractivity contribution is -0.116. The Balaban J connectivity index is 2.26. The van der Waals surface area contributed by atoms with Gasteiger partial charge in [-0.05, 0) is 19.4 Å². The topological polar surface area (TPSA) is 72.2 Å². The smallest absolute Gasteiger partial charge is 0.254 e. The molecule has 0 aliphatic carbocycles. The fourth-order valence-corrected chi connectivity index (χ4v) is 1.37. The summed E-state index contributed by atoms with van der Waals surface area (Å²) in [6.07, 6.45) is 2.94. The summed E-state index contributed by atoms with van der Waals surface area (Å²) < 4.78 is 1.60. The van der Waals surface area contributed by atoms with E-state index in [9.17, 15) is 4.79 Å². The number of aryl methyl sites for hydroxylation is 1. The molecule has 2 rings (SSSR count). The Morgan fingerprint density at radius 2 is 2.38 bits per heavy atom. The van der Waals surface area contributed by atoms with E-state index < -0.39 is 0 Å². The van der Waals surface area contributed by atoms with Crippen molar-refractivity contribution < 1.29 is 4.79 Å². The molecule has 0 unspecified atom stereocenters. The van der Waals surface area contributed by atoms with Crippen LogP contribution in [0.25, 0.3) is 5.78 Å². The van der Waals surface area contributed by atoms with E-state index in [4.69, 9.17) is 0 Å². The second-order valence-corrected chi connectivity index (χ2v) is 3.53. The van der Waals surface area contributed by atoms with Gasteiger partial charge in [-0.2, -0.15) is 9.50 Å². The van der Waals surface area contributed by atoms with Gasteiger partial charge in [0.2, 0.25) is 5.91 Å². The van der Waals surface area contributed by atoms with E-state index in [1.54, 1.807) is 10.7 Å². The summed E-state index contributed by atoms with van der Waals surface area (Å²) >= 11 is 0. The highest BCUT2D eigenvalue weighted by Crippen LogP contribution is 2.05. The number of hydrogen-bond acceptors (Lipinski definition) is 4. The van der Waals surface area contributed by atoms with Crippen molar-refractivity contribution >= 4 is 17.6 Å². The van der Waals surface area contributed by atoms with Crippen LogP contribution in [0.3, 0.4) is 0 Å². The van der Waals surface area contributed by atoms with Crippen molar-refractivity contribution in [3.63, 3.8) is 0 Å². The summed E-state index contributed by atoms with van der Waals surface area (Å²) in [5.74, 6) is 0.725. The number of nitrogens with one attached hydrogen (secondary N) is 1. The van der Waals surface area contributed by atoms with Crippen LogP contribution >= 0.6 is 0 Å². The molecule has 0 atom stereocenters. The lowest BCUT2D eigenvalue weighted by Crippen LogP contribution is -2.11. The van der Waals surface area contributed by atoms with Gasteiger partial charge in [0, 0.05) is 18.3 Å². The Morgan fingerprint density at radius 3 is 3.06 bits per heavy atom. The Kier molecular flexibility index (Phi) is 2.80. The van der Waals surface area contributed by atoms with E-state index >= 15 is 0 Å². The van der Waals surface area contributed by atoms with Crippen molar-refractivity contribution in [1.82, 2.24) is 19.6 Å². The summed E-state index contributed by atoms with van der Waals surface area (Å²) in [4.78, 5) is 19.5. The highest BCUT2D eigenvalue weighted by Gasteiger charge is 2.08. The zero-order chi connectivity index (χ0) is 11.5. The van der Waals surface area contributed by atoms with E-state index in [0.717, 1.165) is 12.1 Å². The van der Waals surface area contributed by atoms with Gasteiger partial charge in [0.25, 0.3) is 11.7 Å². The van der Waals surface area contributed by atoms with Crippen molar-refractivity contribution in [2.75, 3.05) is 5.32 Å². The molecule has 0 saturated heterocycles. The third-order valence-corrected chi connectivity index (χ3v) is 2.16. The largest absolute Gasteiger partial charge is 0.293 e. The molecule has 0 aliphatic rings. The molecule has 6 nitrogen and oxygen atoms in total. The van der Waals surface area contributed by atoms with Gasteiger partial charge in [0.1, 0.15) is 0 Å². The number of hydrogen-bond donors (Lipinski definition) is 1. The van der Waals surface area contributed by atoms with Crippen molar-refractivity contribution in [1.29, 1.82) is 0 Å². The molecule has 0 aromatic carbocycles. The summed E-state index contributed by atoms with van der Waals surface area (Å²) in [5, 5.41) is 6.78. The molecule has 0 fully saturated rings. The molecule has 0 saturated carbocycles. The maximum atomic E-state index is 11.4. The van der Waals surface area contributed by atoms with E-state index in [1.807, 2.05) is 19.9 Å². The molecular formula is C10H13N5O. The van der Waals surface area contributed by atoms with E-state index in [0.29, 0.717) is 18.1 Å². The summed E-state index contributed by atoms with van der Waals surface area (Å²) in [6.45, 7) is 3.85. The van der Waals surface area contributed by atoms with Gasteiger partial charge < -0.3 is 0 Å². The Labute approximate surface area is 92.7 Å². The highest BCUT2D eigenvalue weighted by molar-refractivity contribution is 5.88. The molecule has 2 aromatic rings. The van der Waals surface area contributed by atoms with Gasteiger partial charge in [0.15, 0.2) is 0 Å². The Hall–Kier alpha value is -1.98. The van der Waals surface area contributed by atoms with Crippen molar-refractivity contribution in [3.05, 3.63) is 18.0 Å². The average molecular weight is 219 g/mol. The zero-order valence-electron chi connectivity index (χ0n) is 9.27. The van der Waals surface area contributed by atoms with Crippen LogP contribution in [-0.4, -0.2) is 25.5 Å². The molecule has 1 N–H and O–H groups in total.